The molecule has 4 N–H and O–H groups in total. The number of furan rings is 1. The lowest BCUT2D eigenvalue weighted by atomic mass is 9.97. The Hall–Kier alpha value is -5.51. The Morgan fingerprint density at radius 3 is 2.42 bits per heavy atom. The van der Waals surface area contributed by atoms with Crippen LogP contribution >= 0.6 is 0 Å². The first kappa shape index (κ1) is 27.6. The van der Waals surface area contributed by atoms with Gasteiger partial charge in [0.1, 0.15) is 22.9 Å². The van der Waals surface area contributed by atoms with Gasteiger partial charge in [-0.05, 0) is 85.1 Å². The van der Waals surface area contributed by atoms with Gasteiger partial charge in [0, 0.05) is 35.3 Å². The van der Waals surface area contributed by atoms with Crippen molar-refractivity contribution in [1.29, 1.82) is 0 Å². The molecule has 0 aliphatic heterocycles. The summed E-state index contributed by atoms with van der Waals surface area (Å²) in [7, 11) is 1.51. The molecule has 5 aromatic rings. The van der Waals surface area contributed by atoms with E-state index in [4.69, 9.17) is 14.9 Å². The maximum absolute atomic E-state index is 13.6. The fourth-order valence-electron chi connectivity index (χ4n) is 5.10. The lowest BCUT2D eigenvalue weighted by molar-refractivity contribution is -0.119. The van der Waals surface area contributed by atoms with E-state index in [2.05, 4.69) is 15.6 Å². The smallest absolute Gasteiger partial charge is 0.255 e. The second kappa shape index (κ2) is 11.1. The van der Waals surface area contributed by atoms with E-state index in [0.29, 0.717) is 39.0 Å². The van der Waals surface area contributed by atoms with E-state index in [1.165, 1.54) is 31.3 Å². The molecule has 2 heterocycles. The number of carbonyl (C=O) groups is 3. The molecule has 0 radical (unpaired) electrons. The molecule has 216 valence electrons. The fourth-order valence-corrected chi connectivity index (χ4v) is 5.10. The van der Waals surface area contributed by atoms with Crippen molar-refractivity contribution in [2.24, 2.45) is 5.73 Å². The van der Waals surface area contributed by atoms with Crippen molar-refractivity contribution < 1.29 is 27.9 Å². The summed E-state index contributed by atoms with van der Waals surface area (Å²) in [5.74, 6) is -1.14. The number of nitrogens with two attached hydrogens (primary N) is 1. The molecule has 3 amide bonds. The quantitative estimate of drug-likeness (QED) is 0.227. The molecule has 6 rings (SSSR count). The van der Waals surface area contributed by atoms with Crippen molar-refractivity contribution in [3.8, 4) is 28.2 Å². The summed E-state index contributed by atoms with van der Waals surface area (Å²) in [6.07, 6.45) is 3.25. The number of pyridine rings is 1. The summed E-state index contributed by atoms with van der Waals surface area (Å²) in [6, 6.07) is 21.4. The number of ether oxygens (including phenoxy) is 1. The highest BCUT2D eigenvalue weighted by Crippen LogP contribution is 2.45. The average Bonchev–Trinajstić information content (AvgIpc) is 3.71. The van der Waals surface area contributed by atoms with Crippen LogP contribution < -0.4 is 21.1 Å². The van der Waals surface area contributed by atoms with Crippen LogP contribution in [0.2, 0.25) is 0 Å². The third-order valence-electron chi connectivity index (χ3n) is 7.43. The molecule has 0 atom stereocenters. The number of carbonyl (C=O) groups excluding carboxylic acids is 3. The zero-order valence-corrected chi connectivity index (χ0v) is 23.1. The van der Waals surface area contributed by atoms with Crippen molar-refractivity contribution in [2.45, 2.75) is 18.4 Å². The molecule has 1 aliphatic carbocycles. The number of benzene rings is 3. The van der Waals surface area contributed by atoms with Crippen LogP contribution in [0.3, 0.4) is 0 Å². The van der Waals surface area contributed by atoms with E-state index in [-0.39, 0.29) is 23.8 Å². The molecule has 10 heteroatoms. The van der Waals surface area contributed by atoms with Gasteiger partial charge in [0.25, 0.3) is 17.7 Å². The van der Waals surface area contributed by atoms with Gasteiger partial charge in [-0.3, -0.25) is 19.4 Å². The van der Waals surface area contributed by atoms with Gasteiger partial charge < -0.3 is 25.5 Å². The molecule has 1 aliphatic rings. The Morgan fingerprint density at radius 1 is 0.977 bits per heavy atom. The van der Waals surface area contributed by atoms with Gasteiger partial charge in [0.2, 0.25) is 0 Å². The Morgan fingerprint density at radius 2 is 1.74 bits per heavy atom. The molecule has 0 bridgehead atoms. The first-order valence-electron chi connectivity index (χ1n) is 13.6. The monoisotopic (exact) mass is 578 g/mol. The van der Waals surface area contributed by atoms with E-state index in [0.717, 1.165) is 18.5 Å². The maximum atomic E-state index is 13.6. The van der Waals surface area contributed by atoms with Crippen molar-refractivity contribution in [3.63, 3.8) is 0 Å². The Balaban J connectivity index is 1.43. The summed E-state index contributed by atoms with van der Waals surface area (Å²) >= 11 is 0. The molecule has 1 fully saturated rings. The minimum absolute atomic E-state index is 0.269. The molecular formula is C33H27FN4O5. The molecule has 0 saturated heterocycles. The fraction of sp³-hybridized carbons (Fsp3) is 0.152. The van der Waals surface area contributed by atoms with Gasteiger partial charge in [-0.25, -0.2) is 4.39 Å². The lowest BCUT2D eigenvalue weighted by Crippen LogP contribution is -2.35. The number of nitrogens with zero attached hydrogens (tertiary/aromatic N) is 1. The summed E-state index contributed by atoms with van der Waals surface area (Å²) in [5, 5.41) is 6.27. The molecule has 43 heavy (non-hydrogen) atoms. The van der Waals surface area contributed by atoms with Crippen LogP contribution in [0.1, 0.15) is 39.3 Å². The first-order valence-corrected chi connectivity index (χ1v) is 13.6. The molecule has 1 saturated carbocycles. The largest absolute Gasteiger partial charge is 0.483 e. The van der Waals surface area contributed by atoms with Crippen LogP contribution in [0.25, 0.3) is 33.4 Å². The third-order valence-corrected chi connectivity index (χ3v) is 7.43. The van der Waals surface area contributed by atoms with Crippen molar-refractivity contribution in [1.82, 2.24) is 15.6 Å². The van der Waals surface area contributed by atoms with E-state index in [1.807, 2.05) is 18.2 Å². The average molecular weight is 579 g/mol. The highest BCUT2D eigenvalue weighted by atomic mass is 19.1. The maximum Gasteiger partial charge on any atom is 0.255 e. The molecular weight excluding hydrogens is 551 g/mol. The summed E-state index contributed by atoms with van der Waals surface area (Å²) in [4.78, 5) is 42.5. The van der Waals surface area contributed by atoms with Gasteiger partial charge in [0.15, 0.2) is 6.61 Å². The van der Waals surface area contributed by atoms with Gasteiger partial charge in [0.05, 0.1) is 16.8 Å². The van der Waals surface area contributed by atoms with E-state index >= 15 is 0 Å². The Labute approximate surface area is 245 Å². The number of hydrogen-bond acceptors (Lipinski definition) is 6. The van der Waals surface area contributed by atoms with Crippen molar-refractivity contribution in [2.75, 3.05) is 13.7 Å². The molecule has 2 aromatic heterocycles. The summed E-state index contributed by atoms with van der Waals surface area (Å²) in [5.41, 5.74) is 8.32. The van der Waals surface area contributed by atoms with Gasteiger partial charge >= 0.3 is 0 Å². The van der Waals surface area contributed by atoms with Gasteiger partial charge in [-0.1, -0.05) is 12.1 Å². The van der Waals surface area contributed by atoms with Crippen LogP contribution in [-0.4, -0.2) is 36.4 Å². The normalized spacial score (nSPS) is 13.3. The third kappa shape index (κ3) is 5.42. The van der Waals surface area contributed by atoms with Crippen molar-refractivity contribution >= 4 is 28.7 Å². The SMILES string of the molecule is CNC(=O)c1c(-c2ccc(F)cc2)oc2ccc(-c3cc(C(=O)NC4(c5ccccn5)CC4)ccc3OCC(N)=O)cc12. The Kier molecular flexibility index (Phi) is 7.11. The van der Waals surface area contributed by atoms with Gasteiger partial charge in [-0.2, -0.15) is 0 Å². The topological polar surface area (TPSA) is 137 Å². The molecule has 3 aromatic carbocycles. The van der Waals surface area contributed by atoms with Crippen LogP contribution in [-0.2, 0) is 10.3 Å². The number of aromatic nitrogens is 1. The number of nitrogens with one attached hydrogen (secondary N) is 2. The number of hydrogen-bond donors (Lipinski definition) is 3. The van der Waals surface area contributed by atoms with Crippen LogP contribution in [0.4, 0.5) is 4.39 Å². The predicted octanol–water partition coefficient (Wildman–Crippen LogP) is 4.94. The Bertz CT molecular complexity index is 1860. The number of fused-ring (bicyclic) bond motifs is 1. The predicted molar refractivity (Wildman–Crippen MR) is 158 cm³/mol. The minimum Gasteiger partial charge on any atom is -0.483 e. The minimum atomic E-state index is -0.657. The number of halogens is 1. The van der Waals surface area contributed by atoms with Crippen LogP contribution in [0, 0.1) is 5.82 Å². The van der Waals surface area contributed by atoms with Gasteiger partial charge in [-0.15, -0.1) is 0 Å². The zero-order chi connectivity index (χ0) is 30.1. The second-order valence-electron chi connectivity index (χ2n) is 10.3. The van der Waals surface area contributed by atoms with Crippen molar-refractivity contribution in [3.05, 3.63) is 108 Å². The molecule has 9 nitrogen and oxygen atoms in total. The summed E-state index contributed by atoms with van der Waals surface area (Å²) in [6.45, 7) is -0.368. The van der Waals surface area contributed by atoms with Crippen LogP contribution in [0.15, 0.2) is 89.5 Å². The lowest BCUT2D eigenvalue weighted by Gasteiger charge is -2.18. The van der Waals surface area contributed by atoms with E-state index < -0.39 is 23.2 Å². The highest BCUT2D eigenvalue weighted by molar-refractivity contribution is 6.12. The first-order chi connectivity index (χ1) is 20.8. The highest BCUT2D eigenvalue weighted by Gasteiger charge is 2.47. The standard InChI is InChI=1S/C33H27FN4O5/c1-36-32(41)29-24-16-20(7-12-26(24)43-30(29)19-5-9-22(34)10-6-19)23-17-21(8-11-25(23)42-18-28(35)39)31(40)38-33(13-14-33)27-4-2-3-15-37-27/h2-12,15-17H,13-14,18H2,1H3,(H2,35,39)(H,36,41)(H,38,40). The number of rotatable bonds is 9. The zero-order valence-electron chi connectivity index (χ0n) is 23.1. The number of primary amides is 1. The molecule has 0 spiro atoms. The summed E-state index contributed by atoms with van der Waals surface area (Å²) < 4.78 is 25.4. The van der Waals surface area contributed by atoms with E-state index in [9.17, 15) is 18.8 Å². The second-order valence-corrected chi connectivity index (χ2v) is 10.3. The van der Waals surface area contributed by atoms with Crippen LogP contribution in [0.5, 0.6) is 5.75 Å². The van der Waals surface area contributed by atoms with E-state index in [1.54, 1.807) is 42.6 Å². The number of amides is 3. The molecule has 0 unspecified atom stereocenters.